The lowest BCUT2D eigenvalue weighted by molar-refractivity contribution is 0.366. The largest absolute Gasteiger partial charge is 0.480 e. The Hall–Kier alpha value is -1.10. The Morgan fingerprint density at radius 2 is 2.12 bits per heavy atom. The molecule has 0 atom stereocenters. The minimum absolute atomic E-state index is 0. The van der Waals surface area contributed by atoms with E-state index in [1.54, 1.807) is 13.3 Å². The number of halogens is 2. The molecule has 0 unspecified atom stereocenters. The first-order valence-corrected chi connectivity index (χ1v) is 9.44. The highest BCUT2D eigenvalue weighted by Gasteiger charge is 2.22. The zero-order valence-electron chi connectivity index (χ0n) is 15.6. The number of hydrogen-bond donors (Lipinski definition) is 1. The summed E-state index contributed by atoms with van der Waals surface area (Å²) in [4.78, 5) is 18.1. The van der Waals surface area contributed by atoms with Crippen LogP contribution in [0.3, 0.4) is 0 Å². The highest BCUT2D eigenvalue weighted by molar-refractivity contribution is 14.0. The van der Waals surface area contributed by atoms with E-state index in [0.29, 0.717) is 11.8 Å². The van der Waals surface area contributed by atoms with Crippen LogP contribution in [0.4, 0.5) is 5.95 Å². The molecule has 26 heavy (non-hydrogen) atoms. The van der Waals surface area contributed by atoms with Crippen LogP contribution >= 0.6 is 39.9 Å². The number of aliphatic imine (C=N–C) groups is 1. The van der Waals surface area contributed by atoms with Gasteiger partial charge in [-0.1, -0.05) is 12.2 Å². The summed E-state index contributed by atoms with van der Waals surface area (Å²) in [5, 5.41) is 3.39. The number of ether oxygens (including phenoxy) is 1. The van der Waals surface area contributed by atoms with Crippen molar-refractivity contribution in [3.05, 3.63) is 22.8 Å². The third-order valence-electron chi connectivity index (χ3n) is 3.88. The summed E-state index contributed by atoms with van der Waals surface area (Å²) in [6, 6.07) is 0. The van der Waals surface area contributed by atoms with Gasteiger partial charge in [0.15, 0.2) is 5.96 Å². The molecule has 1 aromatic heterocycles. The zero-order valence-corrected chi connectivity index (χ0v) is 19.5. The van der Waals surface area contributed by atoms with Gasteiger partial charge in [-0.2, -0.15) is 4.98 Å². The van der Waals surface area contributed by atoms with Gasteiger partial charge in [0.25, 0.3) is 0 Å². The minimum atomic E-state index is 0. The van der Waals surface area contributed by atoms with Crippen LogP contribution < -0.4 is 15.0 Å². The Kier molecular flexibility index (Phi) is 10.9. The summed E-state index contributed by atoms with van der Waals surface area (Å²) in [5.74, 6) is 2.25. The Labute approximate surface area is 181 Å². The van der Waals surface area contributed by atoms with Crippen molar-refractivity contribution in [2.45, 2.75) is 20.3 Å². The van der Waals surface area contributed by atoms with Crippen LogP contribution in [0, 0.1) is 0 Å². The summed E-state index contributed by atoms with van der Waals surface area (Å²) < 4.78 is 6.03. The Morgan fingerprint density at radius 3 is 2.73 bits per heavy atom. The van der Waals surface area contributed by atoms with Gasteiger partial charge in [-0.15, -0.1) is 24.0 Å². The molecular weight excluding hydrogens is 511 g/mol. The van der Waals surface area contributed by atoms with Gasteiger partial charge in [0.05, 0.1) is 17.8 Å². The lowest BCUT2D eigenvalue weighted by Crippen LogP contribution is -2.53. The molecule has 1 aromatic rings. The molecule has 0 aromatic carbocycles. The van der Waals surface area contributed by atoms with E-state index >= 15 is 0 Å². The molecular formula is C17H28BrIN6O. The molecule has 1 fully saturated rings. The second-order valence-corrected chi connectivity index (χ2v) is 6.45. The molecule has 1 N–H and O–H groups in total. The van der Waals surface area contributed by atoms with Gasteiger partial charge in [0, 0.05) is 39.3 Å². The maximum absolute atomic E-state index is 5.26. The molecule has 1 aliphatic rings. The quantitative estimate of drug-likeness (QED) is 0.197. The van der Waals surface area contributed by atoms with Crippen LogP contribution in [0.15, 0.2) is 27.8 Å². The number of guanidine groups is 1. The van der Waals surface area contributed by atoms with E-state index in [2.05, 4.69) is 60.1 Å². The third-order valence-corrected chi connectivity index (χ3v) is 4.43. The van der Waals surface area contributed by atoms with Crippen molar-refractivity contribution in [3.8, 4) is 5.88 Å². The molecule has 0 bridgehead atoms. The molecule has 0 amide bonds. The number of piperazine rings is 1. The van der Waals surface area contributed by atoms with Crippen molar-refractivity contribution in [1.82, 2.24) is 20.2 Å². The van der Waals surface area contributed by atoms with E-state index in [1.807, 2.05) is 6.92 Å². The normalized spacial score (nSPS) is 15.2. The van der Waals surface area contributed by atoms with Gasteiger partial charge in [-0.05, 0) is 36.2 Å². The summed E-state index contributed by atoms with van der Waals surface area (Å²) in [5.41, 5.74) is 0. The average Bonchev–Trinajstić information content (AvgIpc) is 2.65. The minimum Gasteiger partial charge on any atom is -0.480 e. The first-order valence-electron chi connectivity index (χ1n) is 8.65. The van der Waals surface area contributed by atoms with Crippen molar-refractivity contribution in [3.63, 3.8) is 0 Å². The van der Waals surface area contributed by atoms with Gasteiger partial charge in [-0.25, -0.2) is 4.98 Å². The number of nitrogens with one attached hydrogen (secondary N) is 1. The molecule has 0 saturated carbocycles. The van der Waals surface area contributed by atoms with Crippen LogP contribution in [-0.4, -0.2) is 67.2 Å². The van der Waals surface area contributed by atoms with Crippen LogP contribution in [0.5, 0.6) is 5.88 Å². The number of anilines is 1. The average molecular weight is 539 g/mol. The Bertz CT molecular complexity index is 605. The van der Waals surface area contributed by atoms with Gasteiger partial charge in [0.2, 0.25) is 11.8 Å². The maximum atomic E-state index is 5.26. The number of allylic oxidation sites excluding steroid dienone is 1. The number of rotatable bonds is 6. The van der Waals surface area contributed by atoms with E-state index in [1.165, 1.54) is 0 Å². The first-order chi connectivity index (χ1) is 12.2. The van der Waals surface area contributed by atoms with Crippen LogP contribution in [0.25, 0.3) is 0 Å². The van der Waals surface area contributed by atoms with Gasteiger partial charge >= 0.3 is 0 Å². The molecule has 7 nitrogen and oxygen atoms in total. The third kappa shape index (κ3) is 6.57. The molecule has 1 saturated heterocycles. The highest BCUT2D eigenvalue weighted by atomic mass is 127. The molecule has 2 heterocycles. The SMILES string of the molecule is C/C=C/CCN=C(NCC)N1CCN(c2ncc(Br)c(OC)n2)CC1.I. The molecule has 1 aliphatic heterocycles. The van der Waals surface area contributed by atoms with E-state index in [-0.39, 0.29) is 24.0 Å². The second-order valence-electron chi connectivity index (χ2n) is 5.59. The topological polar surface area (TPSA) is 65.9 Å². The van der Waals surface area contributed by atoms with Crippen LogP contribution in [0.2, 0.25) is 0 Å². The smallest absolute Gasteiger partial charge is 0.232 e. The van der Waals surface area contributed by atoms with E-state index in [9.17, 15) is 0 Å². The fourth-order valence-corrected chi connectivity index (χ4v) is 2.95. The van der Waals surface area contributed by atoms with Gasteiger partial charge < -0.3 is 19.9 Å². The zero-order chi connectivity index (χ0) is 18.1. The highest BCUT2D eigenvalue weighted by Crippen LogP contribution is 2.23. The number of hydrogen-bond acceptors (Lipinski definition) is 5. The predicted molar refractivity (Wildman–Crippen MR) is 121 cm³/mol. The number of aromatic nitrogens is 2. The predicted octanol–water partition coefficient (Wildman–Crippen LogP) is 2.92. The van der Waals surface area contributed by atoms with Crippen molar-refractivity contribution in [2.75, 3.05) is 51.3 Å². The summed E-state index contributed by atoms with van der Waals surface area (Å²) in [6.45, 7) is 9.28. The monoisotopic (exact) mass is 538 g/mol. The van der Waals surface area contributed by atoms with Crippen molar-refractivity contribution in [2.24, 2.45) is 4.99 Å². The van der Waals surface area contributed by atoms with Crippen LogP contribution in [0.1, 0.15) is 20.3 Å². The maximum Gasteiger partial charge on any atom is 0.232 e. The fraction of sp³-hybridized carbons (Fsp3) is 0.588. The molecule has 9 heteroatoms. The Morgan fingerprint density at radius 1 is 1.38 bits per heavy atom. The van der Waals surface area contributed by atoms with Crippen molar-refractivity contribution >= 4 is 51.8 Å². The van der Waals surface area contributed by atoms with Crippen molar-refractivity contribution < 1.29 is 4.74 Å². The van der Waals surface area contributed by atoms with E-state index in [4.69, 9.17) is 9.73 Å². The fourth-order valence-electron chi connectivity index (χ4n) is 2.59. The summed E-state index contributed by atoms with van der Waals surface area (Å²) in [7, 11) is 1.61. The number of nitrogens with zero attached hydrogens (tertiary/aromatic N) is 5. The second kappa shape index (κ2) is 12.3. The lowest BCUT2D eigenvalue weighted by Gasteiger charge is -2.36. The van der Waals surface area contributed by atoms with E-state index < -0.39 is 0 Å². The van der Waals surface area contributed by atoms with E-state index in [0.717, 1.165) is 56.1 Å². The first kappa shape index (κ1) is 22.9. The lowest BCUT2D eigenvalue weighted by atomic mass is 10.3. The number of methoxy groups -OCH3 is 1. The van der Waals surface area contributed by atoms with Crippen molar-refractivity contribution in [1.29, 1.82) is 0 Å². The van der Waals surface area contributed by atoms with Gasteiger partial charge in [-0.3, -0.25) is 4.99 Å². The Balaban J connectivity index is 0.00000338. The molecule has 0 radical (unpaired) electrons. The van der Waals surface area contributed by atoms with Gasteiger partial charge in [0.1, 0.15) is 0 Å². The molecule has 0 spiro atoms. The standard InChI is InChI=1S/C17H27BrN6O.HI/c1-4-6-7-8-20-16(19-5-2)23-9-11-24(12-10-23)17-21-13-14(18)15(22-17)25-3;/h4,6,13H,5,7-12H2,1-3H3,(H,19,20);1H/b6-4+;. The summed E-state index contributed by atoms with van der Waals surface area (Å²) >= 11 is 3.39. The molecule has 0 aliphatic carbocycles. The van der Waals surface area contributed by atoms with Crippen LogP contribution in [-0.2, 0) is 0 Å². The molecule has 146 valence electrons. The summed E-state index contributed by atoms with van der Waals surface area (Å²) in [6.07, 6.45) is 6.91. The molecule has 2 rings (SSSR count).